The van der Waals surface area contributed by atoms with E-state index in [-0.39, 0.29) is 0 Å². The van der Waals surface area contributed by atoms with Gasteiger partial charge in [0.05, 0.1) is 17.2 Å². The molecule has 92 valence electrons. The number of aromatic nitrogens is 3. The molecule has 1 aromatic carbocycles. The third-order valence-electron chi connectivity index (χ3n) is 2.69. The Morgan fingerprint density at radius 1 is 0.737 bits per heavy atom. The van der Waals surface area contributed by atoms with E-state index in [2.05, 4.69) is 43.6 Å². The number of rotatable bonds is 0. The summed E-state index contributed by atoms with van der Waals surface area (Å²) in [5.74, 6) is 0. The van der Waals surface area contributed by atoms with Crippen molar-refractivity contribution in [2.45, 2.75) is 0 Å². The van der Waals surface area contributed by atoms with E-state index in [9.17, 15) is 0 Å². The molecule has 4 nitrogen and oxygen atoms in total. The fourth-order valence-electron chi connectivity index (χ4n) is 1.86. The first-order chi connectivity index (χ1) is 9.45. The van der Waals surface area contributed by atoms with Crippen molar-refractivity contribution in [3.63, 3.8) is 0 Å². The average Bonchev–Trinajstić information content (AvgIpc) is 3.07. The monoisotopic (exact) mass is 249 g/mol. The molecule has 4 aromatic rings. The average molecular weight is 249 g/mol. The standard InChI is InChI=1S/C12H8N2.C3H3NO/c1-3-9-5-6-10-4-2-8-14-12(10)11(9)13-7-1;1-2-5-3-4-1/h1-8H;1-3H. The minimum absolute atomic E-state index is 0.977. The first-order valence-electron chi connectivity index (χ1n) is 5.86. The summed E-state index contributed by atoms with van der Waals surface area (Å²) >= 11 is 0. The van der Waals surface area contributed by atoms with Crippen molar-refractivity contribution < 1.29 is 4.42 Å². The van der Waals surface area contributed by atoms with Gasteiger partial charge < -0.3 is 4.42 Å². The number of nitrogens with zero attached hydrogens (tertiary/aromatic N) is 3. The van der Waals surface area contributed by atoms with E-state index in [0.717, 1.165) is 21.8 Å². The summed E-state index contributed by atoms with van der Waals surface area (Å²) in [4.78, 5) is 12.2. The van der Waals surface area contributed by atoms with Crippen LogP contribution in [-0.4, -0.2) is 15.0 Å². The molecule has 0 unspecified atom stereocenters. The van der Waals surface area contributed by atoms with Crippen LogP contribution < -0.4 is 0 Å². The fourth-order valence-corrected chi connectivity index (χ4v) is 1.86. The van der Waals surface area contributed by atoms with Gasteiger partial charge >= 0.3 is 0 Å². The van der Waals surface area contributed by atoms with E-state index in [4.69, 9.17) is 0 Å². The second-order valence-corrected chi connectivity index (χ2v) is 3.89. The molecule has 0 radical (unpaired) electrons. The predicted octanol–water partition coefficient (Wildman–Crippen LogP) is 3.46. The van der Waals surface area contributed by atoms with Crippen LogP contribution in [0.3, 0.4) is 0 Å². The van der Waals surface area contributed by atoms with Crippen molar-refractivity contribution in [2.24, 2.45) is 0 Å². The van der Waals surface area contributed by atoms with Crippen LogP contribution in [0.15, 0.2) is 72.1 Å². The molecule has 0 bridgehead atoms. The van der Waals surface area contributed by atoms with Crippen LogP contribution in [0.1, 0.15) is 0 Å². The molecule has 0 aliphatic rings. The van der Waals surface area contributed by atoms with E-state index >= 15 is 0 Å². The summed E-state index contributed by atoms with van der Waals surface area (Å²) in [6.07, 6.45) is 8.08. The summed E-state index contributed by atoms with van der Waals surface area (Å²) in [5, 5.41) is 2.28. The van der Waals surface area contributed by atoms with Gasteiger partial charge in [-0.05, 0) is 12.1 Å². The highest BCUT2D eigenvalue weighted by Gasteiger charge is 2.00. The van der Waals surface area contributed by atoms with Gasteiger partial charge in [-0.25, -0.2) is 4.98 Å². The molecular weight excluding hydrogens is 238 g/mol. The molecule has 19 heavy (non-hydrogen) atoms. The Kier molecular flexibility index (Phi) is 3.14. The van der Waals surface area contributed by atoms with Gasteiger partial charge in [0.1, 0.15) is 6.26 Å². The lowest BCUT2D eigenvalue weighted by Gasteiger charge is -2.00. The van der Waals surface area contributed by atoms with E-state index in [1.807, 2.05) is 12.1 Å². The van der Waals surface area contributed by atoms with Gasteiger partial charge in [-0.2, -0.15) is 0 Å². The maximum absolute atomic E-state index is 4.47. The number of hydrogen-bond acceptors (Lipinski definition) is 4. The SMILES string of the molecule is c1cnc2c(c1)ccc1cccnc12.c1cocn1. The highest BCUT2D eigenvalue weighted by molar-refractivity contribution is 6.02. The smallest absolute Gasteiger partial charge is 0.180 e. The summed E-state index contributed by atoms with van der Waals surface area (Å²) in [6.45, 7) is 0. The van der Waals surface area contributed by atoms with Crippen LogP contribution in [0.5, 0.6) is 0 Å². The van der Waals surface area contributed by atoms with E-state index in [0.29, 0.717) is 0 Å². The van der Waals surface area contributed by atoms with E-state index in [1.54, 1.807) is 18.6 Å². The minimum atomic E-state index is 0.977. The zero-order valence-electron chi connectivity index (χ0n) is 10.1. The molecule has 0 spiro atoms. The Balaban J connectivity index is 0.000000187. The van der Waals surface area contributed by atoms with Crippen molar-refractivity contribution in [3.8, 4) is 0 Å². The van der Waals surface area contributed by atoms with Gasteiger partial charge in [-0.1, -0.05) is 24.3 Å². The van der Waals surface area contributed by atoms with Crippen molar-refractivity contribution >= 4 is 21.8 Å². The lowest BCUT2D eigenvalue weighted by molar-refractivity contribution is 0.558. The lowest BCUT2D eigenvalue weighted by atomic mass is 10.1. The molecule has 4 heteroatoms. The van der Waals surface area contributed by atoms with Gasteiger partial charge in [-0.15, -0.1) is 0 Å². The third kappa shape index (κ3) is 2.42. The van der Waals surface area contributed by atoms with Crippen molar-refractivity contribution in [3.05, 3.63) is 67.6 Å². The molecule has 3 heterocycles. The molecule has 0 saturated carbocycles. The number of benzene rings is 1. The maximum Gasteiger partial charge on any atom is 0.180 e. The zero-order valence-corrected chi connectivity index (χ0v) is 10.1. The molecule has 0 amide bonds. The quantitative estimate of drug-likeness (QED) is 0.448. The molecule has 0 atom stereocenters. The number of fused-ring (bicyclic) bond motifs is 3. The number of pyridine rings is 2. The minimum Gasteiger partial charge on any atom is -0.452 e. The first kappa shape index (κ1) is 11.3. The van der Waals surface area contributed by atoms with Crippen LogP contribution in [0.25, 0.3) is 21.8 Å². The highest BCUT2D eigenvalue weighted by atomic mass is 16.3. The second-order valence-electron chi connectivity index (χ2n) is 3.89. The van der Waals surface area contributed by atoms with E-state index < -0.39 is 0 Å². The largest absolute Gasteiger partial charge is 0.452 e. The Hall–Kier alpha value is -2.75. The fraction of sp³-hybridized carbons (Fsp3) is 0. The van der Waals surface area contributed by atoms with Crippen LogP contribution in [-0.2, 0) is 0 Å². The molecule has 3 aromatic heterocycles. The molecule has 0 N–H and O–H groups in total. The summed E-state index contributed by atoms with van der Waals surface area (Å²) in [7, 11) is 0. The Morgan fingerprint density at radius 3 is 1.79 bits per heavy atom. The van der Waals surface area contributed by atoms with Gasteiger partial charge in [0, 0.05) is 23.2 Å². The molecule has 0 fully saturated rings. The Morgan fingerprint density at radius 2 is 1.37 bits per heavy atom. The highest BCUT2D eigenvalue weighted by Crippen LogP contribution is 2.20. The van der Waals surface area contributed by atoms with E-state index in [1.165, 1.54) is 12.7 Å². The lowest BCUT2D eigenvalue weighted by Crippen LogP contribution is -1.83. The topological polar surface area (TPSA) is 51.8 Å². The molecular formula is C15H11N3O. The van der Waals surface area contributed by atoms with Gasteiger partial charge in [-0.3, -0.25) is 9.97 Å². The molecule has 0 aliphatic heterocycles. The number of oxazole rings is 1. The molecule has 0 saturated heterocycles. The van der Waals surface area contributed by atoms with Gasteiger partial charge in [0.2, 0.25) is 0 Å². The molecule has 4 rings (SSSR count). The Labute approximate surface area is 109 Å². The predicted molar refractivity (Wildman–Crippen MR) is 73.5 cm³/mol. The Bertz CT molecular complexity index is 710. The summed E-state index contributed by atoms with van der Waals surface area (Å²) in [5.41, 5.74) is 1.95. The summed E-state index contributed by atoms with van der Waals surface area (Å²) < 4.78 is 4.47. The zero-order chi connectivity index (χ0) is 12.9. The summed E-state index contributed by atoms with van der Waals surface area (Å²) in [6, 6.07) is 12.1. The van der Waals surface area contributed by atoms with Gasteiger partial charge in [0.25, 0.3) is 0 Å². The van der Waals surface area contributed by atoms with Crippen LogP contribution in [0.2, 0.25) is 0 Å². The molecule has 0 aliphatic carbocycles. The van der Waals surface area contributed by atoms with Crippen LogP contribution >= 0.6 is 0 Å². The third-order valence-corrected chi connectivity index (χ3v) is 2.69. The van der Waals surface area contributed by atoms with Crippen LogP contribution in [0, 0.1) is 0 Å². The maximum atomic E-state index is 4.47. The van der Waals surface area contributed by atoms with Crippen molar-refractivity contribution in [1.29, 1.82) is 0 Å². The normalized spacial score (nSPS) is 10.1. The first-order valence-corrected chi connectivity index (χ1v) is 5.86. The van der Waals surface area contributed by atoms with Crippen molar-refractivity contribution in [2.75, 3.05) is 0 Å². The number of hydrogen-bond donors (Lipinski definition) is 0. The van der Waals surface area contributed by atoms with Crippen molar-refractivity contribution in [1.82, 2.24) is 15.0 Å². The van der Waals surface area contributed by atoms with Gasteiger partial charge in [0.15, 0.2) is 6.39 Å². The van der Waals surface area contributed by atoms with Crippen LogP contribution in [0.4, 0.5) is 0 Å². The second kappa shape index (κ2) is 5.27.